The molecule has 0 aliphatic heterocycles. The lowest BCUT2D eigenvalue weighted by Gasteiger charge is -2.18. The molecule has 182 valence electrons. The van der Waals surface area contributed by atoms with Crippen LogP contribution in [-0.2, 0) is 0 Å². The Morgan fingerprint density at radius 1 is 0.526 bits per heavy atom. The molecule has 0 unspecified atom stereocenters. The van der Waals surface area contributed by atoms with Crippen LogP contribution in [0.3, 0.4) is 0 Å². The van der Waals surface area contributed by atoms with Gasteiger partial charge in [0.25, 0.3) is 0 Å². The van der Waals surface area contributed by atoms with Crippen molar-refractivity contribution in [2.75, 3.05) is 11.5 Å². The number of nitrogens with zero attached hydrogens (tertiary/aromatic N) is 3. The first-order valence-corrected chi connectivity index (χ1v) is 12.6. The first-order chi connectivity index (χ1) is 18.7. The van der Waals surface area contributed by atoms with Gasteiger partial charge in [0.15, 0.2) is 0 Å². The molecule has 0 bridgehead atoms. The summed E-state index contributed by atoms with van der Waals surface area (Å²) in [7, 11) is 0. The van der Waals surface area contributed by atoms with Crippen molar-refractivity contribution in [1.82, 2.24) is 14.1 Å². The fourth-order valence-electron chi connectivity index (χ4n) is 5.50. The van der Waals surface area contributed by atoms with Crippen LogP contribution >= 0.6 is 0 Å². The molecule has 4 aromatic carbocycles. The predicted octanol–water partition coefficient (Wildman–Crippen LogP) is 7.47. The Kier molecular flexibility index (Phi) is 5.01. The number of anilines is 2. The molecule has 7 aromatic rings. The van der Waals surface area contributed by atoms with E-state index in [9.17, 15) is 0 Å². The van der Waals surface area contributed by atoms with Crippen LogP contribution in [0.5, 0.6) is 0 Å². The summed E-state index contributed by atoms with van der Waals surface area (Å²) in [5.41, 5.74) is 23.8. The molecule has 0 aliphatic carbocycles. The van der Waals surface area contributed by atoms with E-state index < -0.39 is 0 Å². The van der Waals surface area contributed by atoms with Crippen molar-refractivity contribution in [2.24, 2.45) is 0 Å². The number of fused-ring (bicyclic) bond motifs is 2. The number of para-hydroxylation sites is 3. The smallest absolute Gasteiger partial charge is 0.112 e. The maximum Gasteiger partial charge on any atom is 0.112 e. The van der Waals surface area contributed by atoms with Crippen LogP contribution in [0, 0.1) is 0 Å². The molecule has 5 nitrogen and oxygen atoms in total. The zero-order valence-corrected chi connectivity index (χ0v) is 20.6. The molecule has 0 saturated heterocycles. The Morgan fingerprint density at radius 2 is 1.16 bits per heavy atom. The van der Waals surface area contributed by atoms with Crippen molar-refractivity contribution in [3.63, 3.8) is 0 Å². The molecule has 0 fully saturated rings. The molecule has 0 radical (unpaired) electrons. The first kappa shape index (κ1) is 21.9. The highest BCUT2D eigenvalue weighted by molar-refractivity contribution is 6.08. The third kappa shape index (κ3) is 3.22. The first-order valence-electron chi connectivity index (χ1n) is 12.6. The molecular formula is C33H25N5. The largest absolute Gasteiger partial charge is 0.396 e. The van der Waals surface area contributed by atoms with E-state index in [0.717, 1.165) is 55.8 Å². The molecule has 3 heterocycles. The van der Waals surface area contributed by atoms with Gasteiger partial charge in [-0.1, -0.05) is 84.9 Å². The average molecular weight is 492 g/mol. The van der Waals surface area contributed by atoms with Gasteiger partial charge in [0.1, 0.15) is 5.52 Å². The van der Waals surface area contributed by atoms with Gasteiger partial charge >= 0.3 is 0 Å². The zero-order chi connectivity index (χ0) is 25.6. The predicted molar refractivity (Wildman–Crippen MR) is 158 cm³/mol. The summed E-state index contributed by atoms with van der Waals surface area (Å²) in [4.78, 5) is 4.67. The van der Waals surface area contributed by atoms with Gasteiger partial charge in [-0.3, -0.25) is 4.98 Å². The standard InChI is InChI=1S/C33H25N5/c34-29-25-17-8-10-19-27(25)38(26-18-9-7-16-24(26)22-12-3-1-4-13-22)32(29)33-30(35)31-28(20-11-21-36-31)37(33)23-14-5-2-6-15-23/h1-21H,34-35H2. The van der Waals surface area contributed by atoms with Crippen molar-refractivity contribution in [2.45, 2.75) is 0 Å². The van der Waals surface area contributed by atoms with E-state index in [1.807, 2.05) is 42.5 Å². The van der Waals surface area contributed by atoms with Crippen LogP contribution in [-0.4, -0.2) is 14.1 Å². The molecule has 7 rings (SSSR count). The summed E-state index contributed by atoms with van der Waals surface area (Å²) < 4.78 is 4.42. The van der Waals surface area contributed by atoms with E-state index in [-0.39, 0.29) is 0 Å². The lowest BCUT2D eigenvalue weighted by Crippen LogP contribution is -2.06. The van der Waals surface area contributed by atoms with Gasteiger partial charge in [-0.2, -0.15) is 0 Å². The Balaban J connectivity index is 1.66. The van der Waals surface area contributed by atoms with Gasteiger partial charge in [-0.25, -0.2) is 0 Å². The fourth-order valence-corrected chi connectivity index (χ4v) is 5.50. The Labute approximate surface area is 220 Å². The molecule has 0 saturated carbocycles. The third-order valence-electron chi connectivity index (χ3n) is 7.14. The van der Waals surface area contributed by atoms with Crippen LogP contribution < -0.4 is 11.5 Å². The highest BCUT2D eigenvalue weighted by atomic mass is 15.1. The SMILES string of the molecule is Nc1c(-c2c(N)c3ncccc3n2-c2ccccc2)n(-c2ccccc2-c2ccccc2)c2ccccc12. The number of rotatable bonds is 4. The minimum absolute atomic E-state index is 0.595. The highest BCUT2D eigenvalue weighted by Gasteiger charge is 2.27. The highest BCUT2D eigenvalue weighted by Crippen LogP contribution is 2.46. The molecule has 5 heteroatoms. The summed E-state index contributed by atoms with van der Waals surface area (Å²) in [6.45, 7) is 0. The Morgan fingerprint density at radius 3 is 1.97 bits per heavy atom. The van der Waals surface area contributed by atoms with Gasteiger partial charge in [-0.15, -0.1) is 0 Å². The topological polar surface area (TPSA) is 74.8 Å². The van der Waals surface area contributed by atoms with E-state index in [2.05, 4.69) is 93.0 Å². The van der Waals surface area contributed by atoms with Crippen LogP contribution in [0.25, 0.3) is 55.8 Å². The van der Waals surface area contributed by atoms with E-state index in [4.69, 9.17) is 11.5 Å². The zero-order valence-electron chi connectivity index (χ0n) is 20.6. The van der Waals surface area contributed by atoms with Gasteiger partial charge < -0.3 is 20.6 Å². The van der Waals surface area contributed by atoms with Gasteiger partial charge in [0.2, 0.25) is 0 Å². The molecular weight excluding hydrogens is 466 g/mol. The molecule has 38 heavy (non-hydrogen) atoms. The molecule has 3 aromatic heterocycles. The van der Waals surface area contributed by atoms with Crippen molar-refractivity contribution in [3.05, 3.63) is 128 Å². The summed E-state index contributed by atoms with van der Waals surface area (Å²) in [5, 5.41) is 0.975. The van der Waals surface area contributed by atoms with Gasteiger partial charge in [-0.05, 0) is 42.0 Å². The minimum Gasteiger partial charge on any atom is -0.396 e. The molecule has 4 N–H and O–H groups in total. The molecule has 0 atom stereocenters. The minimum atomic E-state index is 0.595. The van der Waals surface area contributed by atoms with Crippen LogP contribution in [0.15, 0.2) is 128 Å². The number of aromatic nitrogens is 3. The van der Waals surface area contributed by atoms with Gasteiger partial charge in [0, 0.05) is 22.8 Å². The third-order valence-corrected chi connectivity index (χ3v) is 7.14. The number of pyridine rings is 1. The van der Waals surface area contributed by atoms with Crippen molar-refractivity contribution < 1.29 is 0 Å². The van der Waals surface area contributed by atoms with Crippen molar-refractivity contribution >= 4 is 33.3 Å². The molecule has 0 aliphatic rings. The Hall–Kier alpha value is -5.29. The van der Waals surface area contributed by atoms with Crippen LogP contribution in [0.2, 0.25) is 0 Å². The number of hydrogen-bond donors (Lipinski definition) is 2. The average Bonchev–Trinajstić information content (AvgIpc) is 3.44. The van der Waals surface area contributed by atoms with Crippen molar-refractivity contribution in [3.8, 4) is 33.9 Å². The lowest BCUT2D eigenvalue weighted by molar-refractivity contribution is 1.07. The number of nitrogen functional groups attached to an aromatic ring is 2. The second-order valence-corrected chi connectivity index (χ2v) is 9.30. The maximum absolute atomic E-state index is 7.03. The monoisotopic (exact) mass is 491 g/mol. The van der Waals surface area contributed by atoms with Crippen LogP contribution in [0.4, 0.5) is 11.4 Å². The summed E-state index contributed by atoms with van der Waals surface area (Å²) in [6.07, 6.45) is 1.78. The van der Waals surface area contributed by atoms with E-state index in [1.54, 1.807) is 6.20 Å². The van der Waals surface area contributed by atoms with E-state index in [0.29, 0.717) is 11.4 Å². The number of benzene rings is 4. The maximum atomic E-state index is 7.03. The second-order valence-electron chi connectivity index (χ2n) is 9.30. The summed E-state index contributed by atoms with van der Waals surface area (Å²) >= 11 is 0. The fraction of sp³-hybridized carbons (Fsp3) is 0. The summed E-state index contributed by atoms with van der Waals surface area (Å²) in [6, 6.07) is 41.3. The number of nitrogens with two attached hydrogens (primary N) is 2. The molecule has 0 amide bonds. The second kappa shape index (κ2) is 8.68. The lowest BCUT2D eigenvalue weighted by atomic mass is 10.0. The quantitative estimate of drug-likeness (QED) is 0.268. The molecule has 0 spiro atoms. The van der Waals surface area contributed by atoms with Gasteiger partial charge in [0.05, 0.1) is 39.5 Å². The van der Waals surface area contributed by atoms with E-state index in [1.165, 1.54) is 0 Å². The van der Waals surface area contributed by atoms with Crippen LogP contribution in [0.1, 0.15) is 0 Å². The summed E-state index contributed by atoms with van der Waals surface area (Å²) in [5.74, 6) is 0. The van der Waals surface area contributed by atoms with Crippen molar-refractivity contribution in [1.29, 1.82) is 0 Å². The normalized spacial score (nSPS) is 11.4. The van der Waals surface area contributed by atoms with E-state index >= 15 is 0 Å². The Bertz CT molecular complexity index is 1930. The number of hydrogen-bond acceptors (Lipinski definition) is 3.